The van der Waals surface area contributed by atoms with Crippen LogP contribution in [0, 0.1) is 17.2 Å². The van der Waals surface area contributed by atoms with Crippen LogP contribution >= 0.6 is 27.5 Å². The van der Waals surface area contributed by atoms with Gasteiger partial charge in [-0.05, 0) is 122 Å². The molecule has 208 valence electrons. The van der Waals surface area contributed by atoms with Crippen molar-refractivity contribution in [1.29, 1.82) is 5.26 Å². The van der Waals surface area contributed by atoms with Crippen molar-refractivity contribution in [3.8, 4) is 11.8 Å². The number of benzene rings is 2. The molecule has 6 nitrogen and oxygen atoms in total. The van der Waals surface area contributed by atoms with E-state index in [2.05, 4.69) is 61.5 Å². The van der Waals surface area contributed by atoms with Crippen LogP contribution in [0.2, 0.25) is 5.02 Å². The number of nitriles is 1. The molecule has 1 aliphatic heterocycles. The highest BCUT2D eigenvalue weighted by molar-refractivity contribution is 9.10. The number of ether oxygens (including phenoxy) is 1. The van der Waals surface area contributed by atoms with Gasteiger partial charge in [-0.1, -0.05) is 11.6 Å². The first kappa shape index (κ1) is 28.4. The molecular formula is C32H34BrClN4O2. The molecule has 8 heteroatoms. The standard InChI is InChI=1S/C32H34BrClN4O2/c33-25-5-7-26(36-21-25)6-1-22-15-17-38(18-16-22)28-10-2-23(3-11-28)32(39)37-27-8-13-29(14-9-27)40-30-12-4-24(20-35)31(34)19-30/h2-5,7,10-12,19,21-22,27,29H,1,6,8-9,13-18H2,(H,37,39). The van der Waals surface area contributed by atoms with Crippen LogP contribution in [-0.4, -0.2) is 36.1 Å². The topological polar surface area (TPSA) is 78.2 Å². The lowest BCUT2D eigenvalue weighted by Crippen LogP contribution is -2.39. The molecule has 0 spiro atoms. The third-order valence-electron chi connectivity index (χ3n) is 8.08. The normalized spacial score (nSPS) is 19.6. The molecular weight excluding hydrogens is 588 g/mol. The van der Waals surface area contributed by atoms with Crippen LogP contribution in [0.15, 0.2) is 65.3 Å². The number of halogens is 2. The van der Waals surface area contributed by atoms with Crippen molar-refractivity contribution in [2.24, 2.45) is 5.92 Å². The third-order valence-corrected chi connectivity index (χ3v) is 8.86. The molecule has 0 bridgehead atoms. The Kier molecular flexibility index (Phi) is 9.62. The number of nitrogens with zero attached hydrogens (tertiary/aromatic N) is 3. The van der Waals surface area contributed by atoms with Crippen molar-refractivity contribution >= 4 is 39.1 Å². The Bertz CT molecular complexity index is 1330. The van der Waals surface area contributed by atoms with E-state index in [0.29, 0.717) is 21.9 Å². The Morgan fingerprint density at radius 3 is 2.45 bits per heavy atom. The van der Waals surface area contributed by atoms with Crippen molar-refractivity contribution < 1.29 is 9.53 Å². The van der Waals surface area contributed by atoms with Crippen molar-refractivity contribution in [2.75, 3.05) is 18.0 Å². The van der Waals surface area contributed by atoms with E-state index >= 15 is 0 Å². The summed E-state index contributed by atoms with van der Waals surface area (Å²) in [4.78, 5) is 19.8. The molecule has 0 unspecified atom stereocenters. The number of rotatable bonds is 8. The van der Waals surface area contributed by atoms with E-state index in [1.807, 2.05) is 18.3 Å². The fourth-order valence-corrected chi connectivity index (χ4v) is 6.10. The summed E-state index contributed by atoms with van der Waals surface area (Å²) in [5, 5.41) is 12.6. The van der Waals surface area contributed by atoms with E-state index in [1.54, 1.807) is 18.2 Å². The predicted octanol–water partition coefficient (Wildman–Crippen LogP) is 7.34. The van der Waals surface area contributed by atoms with Crippen LogP contribution in [0.5, 0.6) is 5.75 Å². The number of carbonyl (C=O) groups is 1. The summed E-state index contributed by atoms with van der Waals surface area (Å²) in [5.41, 5.74) is 3.49. The molecule has 2 heterocycles. The Morgan fingerprint density at radius 1 is 1.05 bits per heavy atom. The number of anilines is 1. The number of carbonyl (C=O) groups excluding carboxylic acids is 1. The van der Waals surface area contributed by atoms with Gasteiger partial charge in [-0.3, -0.25) is 9.78 Å². The Hall–Kier alpha value is -3.08. The predicted molar refractivity (Wildman–Crippen MR) is 162 cm³/mol. The number of pyridine rings is 1. The zero-order chi connectivity index (χ0) is 27.9. The first-order chi connectivity index (χ1) is 19.5. The molecule has 1 amide bonds. The van der Waals surface area contributed by atoms with E-state index in [-0.39, 0.29) is 18.1 Å². The first-order valence-electron chi connectivity index (χ1n) is 14.1. The lowest BCUT2D eigenvalue weighted by Gasteiger charge is -2.33. The molecule has 5 rings (SSSR count). The minimum Gasteiger partial charge on any atom is -0.490 e. The highest BCUT2D eigenvalue weighted by atomic mass is 79.9. The van der Waals surface area contributed by atoms with Crippen LogP contribution < -0.4 is 15.0 Å². The van der Waals surface area contributed by atoms with Gasteiger partial charge in [0, 0.05) is 52.8 Å². The van der Waals surface area contributed by atoms with Crippen LogP contribution in [0.1, 0.15) is 66.6 Å². The summed E-state index contributed by atoms with van der Waals surface area (Å²) in [7, 11) is 0. The fraction of sp³-hybridized carbons (Fsp3) is 0.406. The molecule has 1 aromatic heterocycles. The van der Waals surface area contributed by atoms with E-state index in [0.717, 1.165) is 61.3 Å². The molecule has 0 radical (unpaired) electrons. The van der Waals surface area contributed by atoms with Gasteiger partial charge < -0.3 is 15.0 Å². The second-order valence-electron chi connectivity index (χ2n) is 10.8. The maximum atomic E-state index is 12.9. The molecule has 2 aliphatic rings. The number of hydrogen-bond acceptors (Lipinski definition) is 5. The number of aryl methyl sites for hydroxylation is 1. The minimum absolute atomic E-state index is 0.0185. The van der Waals surface area contributed by atoms with E-state index < -0.39 is 0 Å². The monoisotopic (exact) mass is 620 g/mol. The van der Waals surface area contributed by atoms with Crippen molar-refractivity contribution in [3.63, 3.8) is 0 Å². The van der Waals surface area contributed by atoms with Gasteiger partial charge in [0.1, 0.15) is 11.8 Å². The number of hydrogen-bond donors (Lipinski definition) is 1. The molecule has 40 heavy (non-hydrogen) atoms. The molecule has 2 aromatic carbocycles. The Morgan fingerprint density at radius 2 is 1.80 bits per heavy atom. The van der Waals surface area contributed by atoms with Gasteiger partial charge in [0.25, 0.3) is 5.91 Å². The lowest BCUT2D eigenvalue weighted by atomic mass is 9.91. The molecule has 3 aromatic rings. The second-order valence-corrected chi connectivity index (χ2v) is 12.1. The third kappa shape index (κ3) is 7.56. The van der Waals surface area contributed by atoms with Gasteiger partial charge in [-0.15, -0.1) is 0 Å². The van der Waals surface area contributed by atoms with Crippen molar-refractivity contribution in [1.82, 2.24) is 10.3 Å². The molecule has 1 saturated heterocycles. The van der Waals surface area contributed by atoms with Crippen LogP contribution in [-0.2, 0) is 6.42 Å². The zero-order valence-corrected chi connectivity index (χ0v) is 24.8. The van der Waals surface area contributed by atoms with Crippen molar-refractivity contribution in [2.45, 2.75) is 63.5 Å². The van der Waals surface area contributed by atoms with Crippen LogP contribution in [0.25, 0.3) is 0 Å². The molecule has 0 atom stereocenters. The minimum atomic E-state index is -0.0185. The SMILES string of the molecule is N#Cc1ccc(OC2CCC(NC(=O)c3ccc(N4CCC(CCc5ccc(Br)cn5)CC4)cc3)CC2)cc1Cl. The van der Waals surface area contributed by atoms with Gasteiger partial charge in [0.15, 0.2) is 0 Å². The summed E-state index contributed by atoms with van der Waals surface area (Å²) >= 11 is 9.57. The number of piperidine rings is 1. The van der Waals surface area contributed by atoms with Gasteiger partial charge in [-0.2, -0.15) is 5.26 Å². The van der Waals surface area contributed by atoms with E-state index in [1.165, 1.54) is 24.9 Å². The largest absolute Gasteiger partial charge is 0.490 e. The summed E-state index contributed by atoms with van der Waals surface area (Å²) in [6.07, 6.45) is 9.98. The first-order valence-corrected chi connectivity index (χ1v) is 15.3. The molecule has 1 N–H and O–H groups in total. The Balaban J connectivity index is 1.03. The Labute approximate surface area is 249 Å². The van der Waals surface area contributed by atoms with Gasteiger partial charge in [-0.25, -0.2) is 0 Å². The number of nitrogens with one attached hydrogen (secondary N) is 1. The van der Waals surface area contributed by atoms with Crippen LogP contribution in [0.4, 0.5) is 5.69 Å². The number of amides is 1. The lowest BCUT2D eigenvalue weighted by molar-refractivity contribution is 0.0894. The maximum Gasteiger partial charge on any atom is 0.251 e. The fourth-order valence-electron chi connectivity index (χ4n) is 5.66. The average molecular weight is 622 g/mol. The van der Waals surface area contributed by atoms with Gasteiger partial charge in [0.05, 0.1) is 16.7 Å². The summed E-state index contributed by atoms with van der Waals surface area (Å²) < 4.78 is 7.10. The second kappa shape index (κ2) is 13.5. The van der Waals surface area contributed by atoms with Crippen molar-refractivity contribution in [3.05, 3.63) is 87.1 Å². The summed E-state index contributed by atoms with van der Waals surface area (Å²) in [5.74, 6) is 1.39. The highest BCUT2D eigenvalue weighted by Crippen LogP contribution is 2.29. The maximum absolute atomic E-state index is 12.9. The smallest absolute Gasteiger partial charge is 0.251 e. The van der Waals surface area contributed by atoms with Gasteiger partial charge >= 0.3 is 0 Å². The zero-order valence-electron chi connectivity index (χ0n) is 22.5. The molecule has 2 fully saturated rings. The average Bonchev–Trinajstić information content (AvgIpc) is 2.98. The number of aromatic nitrogens is 1. The van der Waals surface area contributed by atoms with Gasteiger partial charge in [0.2, 0.25) is 0 Å². The van der Waals surface area contributed by atoms with E-state index in [9.17, 15) is 4.79 Å². The van der Waals surface area contributed by atoms with Crippen LogP contribution in [0.3, 0.4) is 0 Å². The summed E-state index contributed by atoms with van der Waals surface area (Å²) in [6.45, 7) is 2.09. The van der Waals surface area contributed by atoms with E-state index in [4.69, 9.17) is 21.6 Å². The molecule has 1 saturated carbocycles. The quantitative estimate of drug-likeness (QED) is 0.285. The highest BCUT2D eigenvalue weighted by Gasteiger charge is 2.25. The summed E-state index contributed by atoms with van der Waals surface area (Å²) in [6, 6.07) is 19.6. The molecule has 1 aliphatic carbocycles.